The van der Waals surface area contributed by atoms with Crippen LogP contribution in [0, 0.1) is 0 Å². The molecule has 0 saturated heterocycles. The molecule has 0 amide bonds. The predicted molar refractivity (Wildman–Crippen MR) is 69.6 cm³/mol. The van der Waals surface area contributed by atoms with Crippen LogP contribution in [0.25, 0.3) is 0 Å². The van der Waals surface area contributed by atoms with E-state index in [1.54, 1.807) is 0 Å². The largest absolute Gasteiger partial charge is 0.473 e. The van der Waals surface area contributed by atoms with Gasteiger partial charge in [-0.15, -0.1) is 0 Å². The molecule has 0 fully saturated rings. The Kier molecular flexibility index (Phi) is 3.52. The molecule has 4 nitrogen and oxygen atoms in total. The summed E-state index contributed by atoms with van der Waals surface area (Å²) in [5, 5.41) is 3.35. The summed E-state index contributed by atoms with van der Waals surface area (Å²) in [6.07, 6.45) is 0.170. The van der Waals surface area contributed by atoms with Gasteiger partial charge in [0.15, 0.2) is 0 Å². The molecule has 2 rings (SSSR count). The zero-order valence-corrected chi connectivity index (χ0v) is 11.0. The highest BCUT2D eigenvalue weighted by atomic mass is 16.5. The number of pyridine rings is 1. The van der Waals surface area contributed by atoms with Crippen molar-refractivity contribution in [2.24, 2.45) is 0 Å². The fraction of sp³-hybridized carbons (Fsp3) is 0.615. The van der Waals surface area contributed by atoms with Gasteiger partial charge in [-0.05, 0) is 32.9 Å². The number of nitrogens with one attached hydrogen (secondary N) is 1. The molecule has 1 aliphatic heterocycles. The summed E-state index contributed by atoms with van der Waals surface area (Å²) in [7, 11) is 2.05. The van der Waals surface area contributed by atoms with E-state index in [4.69, 9.17) is 4.74 Å². The average Bonchev–Trinajstić information content (AvgIpc) is 2.47. The van der Waals surface area contributed by atoms with Crippen LogP contribution in [0.3, 0.4) is 0 Å². The summed E-state index contributed by atoms with van der Waals surface area (Å²) in [4.78, 5) is 6.75. The molecule has 1 aromatic heterocycles. The van der Waals surface area contributed by atoms with Gasteiger partial charge in [0.1, 0.15) is 11.9 Å². The van der Waals surface area contributed by atoms with Gasteiger partial charge < -0.3 is 15.0 Å². The van der Waals surface area contributed by atoms with Crippen molar-refractivity contribution in [3.63, 3.8) is 0 Å². The first-order valence-corrected chi connectivity index (χ1v) is 6.18. The van der Waals surface area contributed by atoms with Crippen molar-refractivity contribution >= 4 is 5.82 Å². The third-order valence-corrected chi connectivity index (χ3v) is 3.12. The van der Waals surface area contributed by atoms with Crippen molar-refractivity contribution in [1.82, 2.24) is 10.3 Å². The Morgan fingerprint density at radius 1 is 1.47 bits per heavy atom. The lowest BCUT2D eigenvalue weighted by Gasteiger charge is -2.23. The number of ether oxygens (including phenoxy) is 1. The highest BCUT2D eigenvalue weighted by molar-refractivity contribution is 5.44. The van der Waals surface area contributed by atoms with Gasteiger partial charge in [-0.2, -0.15) is 4.98 Å². The van der Waals surface area contributed by atoms with Gasteiger partial charge in [-0.25, -0.2) is 0 Å². The molecule has 0 spiro atoms. The number of rotatable bonds is 2. The molecule has 4 heteroatoms. The van der Waals surface area contributed by atoms with E-state index in [2.05, 4.69) is 55.2 Å². The molecule has 1 aromatic rings. The fourth-order valence-corrected chi connectivity index (χ4v) is 1.80. The lowest BCUT2D eigenvalue weighted by atomic mass is 10.2. The van der Waals surface area contributed by atoms with Gasteiger partial charge in [0.05, 0.1) is 0 Å². The molecule has 0 radical (unpaired) electrons. The Morgan fingerprint density at radius 3 is 2.94 bits per heavy atom. The number of anilines is 1. The van der Waals surface area contributed by atoms with Crippen molar-refractivity contribution in [3.8, 4) is 5.88 Å². The molecular weight excluding hydrogens is 214 g/mol. The van der Waals surface area contributed by atoms with Crippen molar-refractivity contribution < 1.29 is 4.74 Å². The normalized spacial score (nSPS) is 19.5. The summed E-state index contributed by atoms with van der Waals surface area (Å²) < 4.78 is 5.83. The maximum Gasteiger partial charge on any atom is 0.220 e. The lowest BCUT2D eigenvalue weighted by Crippen LogP contribution is -2.27. The second-order valence-corrected chi connectivity index (χ2v) is 4.90. The van der Waals surface area contributed by atoms with Gasteiger partial charge >= 0.3 is 0 Å². The number of hydrogen-bond acceptors (Lipinski definition) is 4. The molecule has 0 unspecified atom stereocenters. The summed E-state index contributed by atoms with van der Waals surface area (Å²) >= 11 is 0. The first-order valence-electron chi connectivity index (χ1n) is 6.18. The maximum absolute atomic E-state index is 5.83. The van der Waals surface area contributed by atoms with Gasteiger partial charge in [-0.3, -0.25) is 0 Å². The van der Waals surface area contributed by atoms with Gasteiger partial charge in [-0.1, -0.05) is 0 Å². The molecule has 0 aliphatic carbocycles. The third kappa shape index (κ3) is 2.69. The number of nitrogens with zero attached hydrogens (tertiary/aromatic N) is 2. The molecule has 94 valence electrons. The van der Waals surface area contributed by atoms with Crippen LogP contribution in [-0.2, 0) is 6.54 Å². The van der Waals surface area contributed by atoms with Crippen LogP contribution in [-0.4, -0.2) is 30.7 Å². The first kappa shape index (κ1) is 12.2. The molecular formula is C13H21N3O. The average molecular weight is 235 g/mol. The van der Waals surface area contributed by atoms with Crippen LogP contribution in [0.4, 0.5) is 5.82 Å². The first-order chi connectivity index (χ1) is 8.08. The van der Waals surface area contributed by atoms with E-state index < -0.39 is 0 Å². The number of fused-ring (bicyclic) bond motifs is 1. The summed E-state index contributed by atoms with van der Waals surface area (Å²) in [5.74, 6) is 1.74. The highest BCUT2D eigenvalue weighted by Crippen LogP contribution is 2.24. The fourth-order valence-electron chi connectivity index (χ4n) is 1.80. The topological polar surface area (TPSA) is 37.4 Å². The monoisotopic (exact) mass is 235 g/mol. The van der Waals surface area contributed by atoms with E-state index in [0.717, 1.165) is 30.4 Å². The molecule has 0 saturated carbocycles. The van der Waals surface area contributed by atoms with E-state index in [0.29, 0.717) is 6.04 Å². The summed E-state index contributed by atoms with van der Waals surface area (Å²) in [5.41, 5.74) is 1.13. The van der Waals surface area contributed by atoms with Crippen LogP contribution in [0.2, 0.25) is 0 Å². The summed E-state index contributed by atoms with van der Waals surface area (Å²) in [6, 6.07) is 4.59. The Labute approximate surface area is 103 Å². The standard InChI is InChI=1S/C13H21N3O/c1-9(2)16(4)12-6-5-11-8-14-7-10(3)17-13(11)15-12/h5-6,9-10,14H,7-8H2,1-4H3/t10-/m0/s1. The van der Waals surface area contributed by atoms with E-state index >= 15 is 0 Å². The minimum Gasteiger partial charge on any atom is -0.473 e. The van der Waals surface area contributed by atoms with Crippen LogP contribution >= 0.6 is 0 Å². The molecule has 17 heavy (non-hydrogen) atoms. The molecule has 1 atom stereocenters. The highest BCUT2D eigenvalue weighted by Gasteiger charge is 2.16. The third-order valence-electron chi connectivity index (χ3n) is 3.12. The Morgan fingerprint density at radius 2 is 2.24 bits per heavy atom. The van der Waals surface area contributed by atoms with Crippen molar-refractivity contribution in [2.75, 3.05) is 18.5 Å². The number of hydrogen-bond donors (Lipinski definition) is 1. The second-order valence-electron chi connectivity index (χ2n) is 4.90. The van der Waals surface area contributed by atoms with E-state index in [9.17, 15) is 0 Å². The SMILES string of the molecule is CC(C)N(C)c1ccc2c(n1)O[C@@H](C)CNC2. The van der Waals surface area contributed by atoms with Crippen LogP contribution in [0.15, 0.2) is 12.1 Å². The Bertz CT molecular complexity index is 392. The number of aromatic nitrogens is 1. The molecule has 1 aliphatic rings. The predicted octanol–water partition coefficient (Wildman–Crippen LogP) is 1.80. The molecule has 0 aromatic carbocycles. The Balaban J connectivity index is 2.29. The minimum atomic E-state index is 0.170. The van der Waals surface area contributed by atoms with E-state index in [1.165, 1.54) is 0 Å². The minimum absolute atomic E-state index is 0.170. The van der Waals surface area contributed by atoms with Gasteiger partial charge in [0.2, 0.25) is 5.88 Å². The maximum atomic E-state index is 5.83. The second kappa shape index (κ2) is 4.92. The zero-order valence-electron chi connectivity index (χ0n) is 11.0. The van der Waals surface area contributed by atoms with Gasteiger partial charge in [0.25, 0.3) is 0 Å². The quantitative estimate of drug-likeness (QED) is 0.848. The van der Waals surface area contributed by atoms with E-state index in [1.807, 2.05) is 0 Å². The molecule has 0 bridgehead atoms. The molecule has 2 heterocycles. The van der Waals surface area contributed by atoms with Gasteiger partial charge in [0, 0.05) is 31.7 Å². The van der Waals surface area contributed by atoms with Crippen LogP contribution in [0.1, 0.15) is 26.3 Å². The Hall–Kier alpha value is -1.29. The lowest BCUT2D eigenvalue weighted by molar-refractivity contribution is 0.218. The molecule has 1 N–H and O–H groups in total. The van der Waals surface area contributed by atoms with E-state index in [-0.39, 0.29) is 6.10 Å². The smallest absolute Gasteiger partial charge is 0.220 e. The van der Waals surface area contributed by atoms with Crippen molar-refractivity contribution in [2.45, 2.75) is 39.5 Å². The van der Waals surface area contributed by atoms with Crippen LogP contribution in [0.5, 0.6) is 5.88 Å². The summed E-state index contributed by atoms with van der Waals surface area (Å²) in [6.45, 7) is 8.06. The van der Waals surface area contributed by atoms with Crippen LogP contribution < -0.4 is 15.0 Å². The van der Waals surface area contributed by atoms with Crippen molar-refractivity contribution in [1.29, 1.82) is 0 Å². The van der Waals surface area contributed by atoms with Crippen molar-refractivity contribution in [3.05, 3.63) is 17.7 Å². The zero-order chi connectivity index (χ0) is 12.4.